The lowest BCUT2D eigenvalue weighted by molar-refractivity contribution is 0.0478. The minimum Gasteiger partial charge on any atom is -0.496 e. The van der Waals surface area contributed by atoms with Crippen LogP contribution in [0.5, 0.6) is 5.75 Å². The van der Waals surface area contributed by atoms with Gasteiger partial charge in [-0.3, -0.25) is 0 Å². The fraction of sp³-hybridized carbons (Fsp3) is 0.571. The van der Waals surface area contributed by atoms with Crippen molar-refractivity contribution in [3.05, 3.63) is 28.8 Å². The van der Waals surface area contributed by atoms with Crippen molar-refractivity contribution in [3.63, 3.8) is 0 Å². The Balaban J connectivity index is 2.39. The molecule has 1 N–H and O–H groups in total. The van der Waals surface area contributed by atoms with Crippen LogP contribution in [0.25, 0.3) is 0 Å². The highest BCUT2D eigenvalue weighted by atomic mass is 35.5. The normalized spacial score (nSPS) is 12.4. The van der Waals surface area contributed by atoms with Crippen LogP contribution in [-0.4, -0.2) is 45.3 Å². The number of ether oxygens (including phenoxy) is 3. The van der Waals surface area contributed by atoms with Gasteiger partial charge in [0.25, 0.3) is 0 Å². The first-order chi connectivity index (χ1) is 9.17. The van der Waals surface area contributed by atoms with Crippen molar-refractivity contribution in [3.8, 4) is 5.75 Å². The van der Waals surface area contributed by atoms with Gasteiger partial charge in [0.2, 0.25) is 0 Å². The lowest BCUT2D eigenvalue weighted by atomic mass is 10.0. The van der Waals surface area contributed by atoms with E-state index in [9.17, 15) is 5.11 Å². The molecule has 1 aromatic carbocycles. The third kappa shape index (κ3) is 6.25. The van der Waals surface area contributed by atoms with E-state index in [0.717, 1.165) is 11.3 Å². The summed E-state index contributed by atoms with van der Waals surface area (Å²) in [6.45, 7) is 1.62. The number of rotatable bonds is 9. The first-order valence-corrected chi connectivity index (χ1v) is 6.62. The Morgan fingerprint density at radius 2 is 2.00 bits per heavy atom. The molecular weight excluding hydrogens is 268 g/mol. The summed E-state index contributed by atoms with van der Waals surface area (Å²) in [7, 11) is 3.23. The summed E-state index contributed by atoms with van der Waals surface area (Å²) in [5.41, 5.74) is 0.902. The lowest BCUT2D eigenvalue weighted by Crippen LogP contribution is -2.15. The molecular formula is C14H21ClO4. The first-order valence-electron chi connectivity index (χ1n) is 6.24. The molecule has 0 aliphatic carbocycles. The maximum absolute atomic E-state index is 9.96. The van der Waals surface area contributed by atoms with Crippen LogP contribution >= 0.6 is 11.6 Å². The third-order valence-electron chi connectivity index (χ3n) is 2.73. The molecule has 0 aromatic heterocycles. The predicted molar refractivity (Wildman–Crippen MR) is 75.0 cm³/mol. The highest BCUT2D eigenvalue weighted by Crippen LogP contribution is 2.24. The van der Waals surface area contributed by atoms with E-state index in [1.807, 2.05) is 6.07 Å². The van der Waals surface area contributed by atoms with Crippen LogP contribution in [0.3, 0.4) is 0 Å². The molecule has 19 heavy (non-hydrogen) atoms. The van der Waals surface area contributed by atoms with Crippen LogP contribution in [0.15, 0.2) is 18.2 Å². The van der Waals surface area contributed by atoms with E-state index in [1.54, 1.807) is 26.4 Å². The zero-order chi connectivity index (χ0) is 14.1. The smallest absolute Gasteiger partial charge is 0.122 e. The maximum atomic E-state index is 9.96. The number of halogens is 1. The van der Waals surface area contributed by atoms with Crippen LogP contribution in [0.2, 0.25) is 5.02 Å². The minimum absolute atomic E-state index is 0.477. The highest BCUT2D eigenvalue weighted by Gasteiger charge is 2.10. The molecule has 4 nitrogen and oxygen atoms in total. The van der Waals surface area contributed by atoms with E-state index >= 15 is 0 Å². The Labute approximate surface area is 119 Å². The lowest BCUT2D eigenvalue weighted by Gasteiger charge is -2.14. The van der Waals surface area contributed by atoms with Gasteiger partial charge in [0, 0.05) is 25.2 Å². The van der Waals surface area contributed by atoms with E-state index in [1.165, 1.54) is 0 Å². The van der Waals surface area contributed by atoms with Crippen molar-refractivity contribution < 1.29 is 19.3 Å². The molecule has 0 heterocycles. The molecule has 0 spiro atoms. The summed E-state index contributed by atoms with van der Waals surface area (Å²) < 4.78 is 15.4. The van der Waals surface area contributed by atoms with E-state index < -0.39 is 6.10 Å². The number of aliphatic hydroxyl groups excluding tert-OH is 1. The fourth-order valence-corrected chi connectivity index (χ4v) is 1.92. The summed E-state index contributed by atoms with van der Waals surface area (Å²) in [4.78, 5) is 0. The van der Waals surface area contributed by atoms with Crippen LogP contribution in [0.1, 0.15) is 12.0 Å². The number of methoxy groups -OCH3 is 2. The molecule has 1 aromatic rings. The van der Waals surface area contributed by atoms with E-state index in [2.05, 4.69) is 0 Å². The molecule has 1 atom stereocenters. The van der Waals surface area contributed by atoms with Crippen molar-refractivity contribution in [2.24, 2.45) is 0 Å². The molecule has 0 aliphatic rings. The molecule has 0 aliphatic heterocycles. The second kappa shape index (κ2) is 9.15. The van der Waals surface area contributed by atoms with Crippen LogP contribution in [0.4, 0.5) is 0 Å². The molecule has 0 bridgehead atoms. The van der Waals surface area contributed by atoms with Gasteiger partial charge in [-0.25, -0.2) is 0 Å². The Kier molecular flexibility index (Phi) is 7.82. The van der Waals surface area contributed by atoms with Gasteiger partial charge < -0.3 is 19.3 Å². The Morgan fingerprint density at radius 3 is 2.68 bits per heavy atom. The van der Waals surface area contributed by atoms with Gasteiger partial charge in [0.05, 0.1) is 26.4 Å². The molecule has 0 amide bonds. The van der Waals surface area contributed by atoms with Crippen LogP contribution in [-0.2, 0) is 15.9 Å². The zero-order valence-electron chi connectivity index (χ0n) is 11.4. The fourth-order valence-electron chi connectivity index (χ4n) is 1.73. The minimum atomic E-state index is -0.477. The number of hydrogen-bond donors (Lipinski definition) is 1. The van der Waals surface area contributed by atoms with Gasteiger partial charge in [-0.15, -0.1) is 0 Å². The Morgan fingerprint density at radius 1 is 1.21 bits per heavy atom. The summed E-state index contributed by atoms with van der Waals surface area (Å²) in [5, 5.41) is 10.6. The quantitative estimate of drug-likeness (QED) is 0.709. The second-order valence-electron chi connectivity index (χ2n) is 4.21. The van der Waals surface area contributed by atoms with Crippen molar-refractivity contribution in [1.82, 2.24) is 0 Å². The molecule has 0 saturated heterocycles. The van der Waals surface area contributed by atoms with Gasteiger partial charge in [-0.2, -0.15) is 0 Å². The Hall–Kier alpha value is -0.810. The number of benzene rings is 1. The monoisotopic (exact) mass is 288 g/mol. The van der Waals surface area contributed by atoms with E-state index in [0.29, 0.717) is 37.7 Å². The Bertz CT molecular complexity index is 370. The highest BCUT2D eigenvalue weighted by molar-refractivity contribution is 6.30. The van der Waals surface area contributed by atoms with E-state index in [-0.39, 0.29) is 0 Å². The average Bonchev–Trinajstić information content (AvgIpc) is 2.39. The average molecular weight is 289 g/mol. The molecule has 0 saturated carbocycles. The third-order valence-corrected chi connectivity index (χ3v) is 2.96. The molecule has 1 rings (SSSR count). The van der Waals surface area contributed by atoms with Gasteiger partial charge in [0.1, 0.15) is 5.75 Å². The van der Waals surface area contributed by atoms with Crippen molar-refractivity contribution in [2.45, 2.75) is 18.9 Å². The molecule has 1 unspecified atom stereocenters. The van der Waals surface area contributed by atoms with Crippen molar-refractivity contribution >= 4 is 11.6 Å². The van der Waals surface area contributed by atoms with Crippen molar-refractivity contribution in [2.75, 3.05) is 34.0 Å². The van der Waals surface area contributed by atoms with Crippen molar-refractivity contribution in [1.29, 1.82) is 0 Å². The largest absolute Gasteiger partial charge is 0.496 e. The number of hydrogen-bond acceptors (Lipinski definition) is 4. The molecule has 108 valence electrons. The molecule has 0 radical (unpaired) electrons. The summed E-state index contributed by atoms with van der Waals surface area (Å²) in [6.07, 6.45) is 0.589. The van der Waals surface area contributed by atoms with Crippen LogP contribution < -0.4 is 4.74 Å². The first kappa shape index (κ1) is 16.2. The summed E-state index contributed by atoms with van der Waals surface area (Å²) >= 11 is 5.94. The van der Waals surface area contributed by atoms with Gasteiger partial charge in [0.15, 0.2) is 0 Å². The summed E-state index contributed by atoms with van der Waals surface area (Å²) in [6, 6.07) is 5.39. The standard InChI is InChI=1S/C14H21ClO4/c1-17-7-8-19-6-5-13(16)10-11-9-12(15)3-4-14(11)18-2/h3-4,9,13,16H,5-8,10H2,1-2H3. The topological polar surface area (TPSA) is 47.9 Å². The van der Waals surface area contributed by atoms with E-state index in [4.69, 9.17) is 25.8 Å². The molecule has 0 fully saturated rings. The predicted octanol–water partition coefficient (Wildman–Crippen LogP) is 2.31. The molecule has 5 heteroatoms. The van der Waals surface area contributed by atoms with Crippen LogP contribution in [0, 0.1) is 0 Å². The second-order valence-corrected chi connectivity index (χ2v) is 4.64. The summed E-state index contributed by atoms with van der Waals surface area (Å²) in [5.74, 6) is 0.740. The maximum Gasteiger partial charge on any atom is 0.122 e. The SMILES string of the molecule is COCCOCCC(O)Cc1cc(Cl)ccc1OC. The number of aliphatic hydroxyl groups is 1. The van der Waals surface area contributed by atoms with Gasteiger partial charge in [-0.1, -0.05) is 11.6 Å². The zero-order valence-corrected chi connectivity index (χ0v) is 12.2. The van der Waals surface area contributed by atoms with Gasteiger partial charge in [-0.05, 0) is 30.2 Å². The van der Waals surface area contributed by atoms with Gasteiger partial charge >= 0.3 is 0 Å².